The molecule has 2 aromatic heterocycles. The molecule has 140 valence electrons. The molecule has 1 saturated heterocycles. The van der Waals surface area contributed by atoms with Gasteiger partial charge in [-0.25, -0.2) is 9.37 Å². The molecule has 1 aliphatic heterocycles. The largest absolute Gasteiger partial charge is 0.317 e. The minimum atomic E-state index is -0.281. The zero-order valence-corrected chi connectivity index (χ0v) is 15.5. The van der Waals surface area contributed by atoms with Crippen molar-refractivity contribution in [3.8, 4) is 11.3 Å². The molecule has 6 nitrogen and oxygen atoms in total. The van der Waals surface area contributed by atoms with Gasteiger partial charge < -0.3 is 10.6 Å². The van der Waals surface area contributed by atoms with Crippen LogP contribution in [0, 0.1) is 5.82 Å². The molecular weight excluding hydrogens is 365 g/mol. The van der Waals surface area contributed by atoms with Gasteiger partial charge in [0.15, 0.2) is 5.82 Å². The molecule has 3 N–H and O–H groups in total. The molecule has 1 aromatic carbocycles. The van der Waals surface area contributed by atoms with Gasteiger partial charge in [0.25, 0.3) is 0 Å². The normalized spacial score (nSPS) is 15.0. The third-order valence-electron chi connectivity index (χ3n) is 4.65. The molecule has 8 heteroatoms. The van der Waals surface area contributed by atoms with Gasteiger partial charge >= 0.3 is 0 Å². The predicted octanol–water partition coefficient (Wildman–Crippen LogP) is 3.32. The van der Waals surface area contributed by atoms with Gasteiger partial charge in [0, 0.05) is 28.6 Å². The fourth-order valence-corrected chi connectivity index (χ4v) is 4.01. The first kappa shape index (κ1) is 17.8. The summed E-state index contributed by atoms with van der Waals surface area (Å²) in [5, 5.41) is 16.0. The molecule has 3 heterocycles. The van der Waals surface area contributed by atoms with Crippen LogP contribution in [0.2, 0.25) is 0 Å². The van der Waals surface area contributed by atoms with Crippen LogP contribution in [0.3, 0.4) is 0 Å². The number of piperidine rings is 1. The zero-order valence-electron chi connectivity index (χ0n) is 14.7. The van der Waals surface area contributed by atoms with Crippen LogP contribution in [-0.4, -0.2) is 34.2 Å². The second kappa shape index (κ2) is 7.98. The van der Waals surface area contributed by atoms with Gasteiger partial charge in [0.1, 0.15) is 10.8 Å². The van der Waals surface area contributed by atoms with Gasteiger partial charge in [0.05, 0.1) is 12.1 Å². The Bertz CT molecular complexity index is 914. The Morgan fingerprint density at radius 2 is 2.04 bits per heavy atom. The summed E-state index contributed by atoms with van der Waals surface area (Å²) in [4.78, 5) is 16.8. The number of halogens is 1. The van der Waals surface area contributed by atoms with E-state index in [4.69, 9.17) is 0 Å². The van der Waals surface area contributed by atoms with Crippen molar-refractivity contribution in [1.82, 2.24) is 20.5 Å². The number of thiazole rings is 1. The van der Waals surface area contributed by atoms with Gasteiger partial charge in [-0.3, -0.25) is 9.89 Å². The van der Waals surface area contributed by atoms with E-state index >= 15 is 0 Å². The highest BCUT2D eigenvalue weighted by atomic mass is 32.1. The SMILES string of the molecule is O=C(Cc1nc(-c2ccc(F)cc2)cs1)Nc1cc(C2CCNCC2)[nH]n1. The number of hydrogen-bond acceptors (Lipinski definition) is 5. The van der Waals surface area contributed by atoms with Crippen LogP contribution in [0.25, 0.3) is 11.3 Å². The van der Waals surface area contributed by atoms with Gasteiger partial charge in [-0.05, 0) is 50.2 Å². The molecule has 3 aromatic rings. The molecule has 0 bridgehead atoms. The van der Waals surface area contributed by atoms with Gasteiger partial charge in [-0.1, -0.05) is 0 Å². The molecule has 1 amide bonds. The van der Waals surface area contributed by atoms with E-state index in [0.717, 1.165) is 42.9 Å². The second-order valence-corrected chi connectivity index (χ2v) is 7.53. The minimum Gasteiger partial charge on any atom is -0.317 e. The monoisotopic (exact) mass is 385 g/mol. The number of nitrogens with one attached hydrogen (secondary N) is 3. The van der Waals surface area contributed by atoms with E-state index in [-0.39, 0.29) is 18.1 Å². The first-order chi connectivity index (χ1) is 13.2. The van der Waals surface area contributed by atoms with E-state index in [0.29, 0.717) is 16.7 Å². The predicted molar refractivity (Wildman–Crippen MR) is 103 cm³/mol. The van der Waals surface area contributed by atoms with Crippen LogP contribution in [0.15, 0.2) is 35.7 Å². The number of aromatic amines is 1. The van der Waals surface area contributed by atoms with Crippen molar-refractivity contribution in [2.75, 3.05) is 18.4 Å². The molecule has 0 atom stereocenters. The van der Waals surface area contributed by atoms with Crippen molar-refractivity contribution in [3.05, 3.63) is 52.2 Å². The van der Waals surface area contributed by atoms with Gasteiger partial charge in [-0.15, -0.1) is 11.3 Å². The second-order valence-electron chi connectivity index (χ2n) is 6.59. The molecule has 0 spiro atoms. The Morgan fingerprint density at radius 1 is 1.26 bits per heavy atom. The van der Waals surface area contributed by atoms with Crippen LogP contribution in [0.4, 0.5) is 10.2 Å². The van der Waals surface area contributed by atoms with Gasteiger partial charge in [0.2, 0.25) is 5.91 Å². The zero-order chi connectivity index (χ0) is 18.6. The molecule has 27 heavy (non-hydrogen) atoms. The third-order valence-corrected chi connectivity index (χ3v) is 5.50. The summed E-state index contributed by atoms with van der Waals surface area (Å²) in [5.74, 6) is 0.570. The van der Waals surface area contributed by atoms with Crippen molar-refractivity contribution in [2.45, 2.75) is 25.2 Å². The number of benzene rings is 1. The Labute approximate surface area is 160 Å². The number of amides is 1. The molecule has 0 radical (unpaired) electrons. The number of nitrogens with zero attached hydrogens (tertiary/aromatic N) is 2. The summed E-state index contributed by atoms with van der Waals surface area (Å²) < 4.78 is 13.0. The Hall–Kier alpha value is -2.58. The lowest BCUT2D eigenvalue weighted by Gasteiger charge is -2.20. The topological polar surface area (TPSA) is 82.7 Å². The van der Waals surface area contributed by atoms with Crippen LogP contribution in [-0.2, 0) is 11.2 Å². The quantitative estimate of drug-likeness (QED) is 0.629. The molecule has 0 aliphatic carbocycles. The van der Waals surface area contributed by atoms with E-state index in [2.05, 4.69) is 25.8 Å². The lowest BCUT2D eigenvalue weighted by molar-refractivity contribution is -0.115. The van der Waals surface area contributed by atoms with Crippen molar-refractivity contribution in [3.63, 3.8) is 0 Å². The minimum absolute atomic E-state index is 0.154. The van der Waals surface area contributed by atoms with Crippen molar-refractivity contribution < 1.29 is 9.18 Å². The standard InChI is InChI=1S/C19H20FN5OS/c20-14-3-1-12(2-4-14)16-11-27-19(22-16)10-18(26)23-17-9-15(24-25-17)13-5-7-21-8-6-13/h1-4,9,11,13,21H,5-8,10H2,(H2,23,24,25,26). The number of anilines is 1. The highest BCUT2D eigenvalue weighted by molar-refractivity contribution is 7.10. The average Bonchev–Trinajstić information content (AvgIpc) is 3.33. The lowest BCUT2D eigenvalue weighted by atomic mass is 9.95. The summed E-state index contributed by atoms with van der Waals surface area (Å²) in [6.45, 7) is 2.01. The summed E-state index contributed by atoms with van der Waals surface area (Å²) in [5.41, 5.74) is 2.65. The number of carbonyl (C=O) groups excluding carboxylic acids is 1. The van der Waals surface area contributed by atoms with Crippen molar-refractivity contribution >= 4 is 23.1 Å². The van der Waals surface area contributed by atoms with Crippen LogP contribution in [0.5, 0.6) is 0 Å². The first-order valence-electron chi connectivity index (χ1n) is 8.93. The van der Waals surface area contributed by atoms with Crippen LogP contribution >= 0.6 is 11.3 Å². The number of hydrogen-bond donors (Lipinski definition) is 3. The number of rotatable bonds is 5. The fraction of sp³-hybridized carbons (Fsp3) is 0.316. The maximum absolute atomic E-state index is 13.0. The van der Waals surface area contributed by atoms with Gasteiger partial charge in [-0.2, -0.15) is 5.10 Å². The molecule has 4 rings (SSSR count). The highest BCUT2D eigenvalue weighted by Crippen LogP contribution is 2.25. The Kier molecular flexibility index (Phi) is 5.26. The highest BCUT2D eigenvalue weighted by Gasteiger charge is 2.18. The smallest absolute Gasteiger partial charge is 0.232 e. The van der Waals surface area contributed by atoms with E-state index < -0.39 is 0 Å². The fourth-order valence-electron chi connectivity index (χ4n) is 3.21. The number of carbonyl (C=O) groups is 1. The lowest BCUT2D eigenvalue weighted by Crippen LogP contribution is -2.26. The first-order valence-corrected chi connectivity index (χ1v) is 9.81. The summed E-state index contributed by atoms with van der Waals surface area (Å²) in [7, 11) is 0. The molecule has 1 aliphatic rings. The molecule has 0 saturated carbocycles. The van der Waals surface area contributed by atoms with E-state index in [1.165, 1.54) is 23.5 Å². The van der Waals surface area contributed by atoms with Crippen LogP contribution < -0.4 is 10.6 Å². The molecule has 0 unspecified atom stereocenters. The van der Waals surface area contributed by atoms with Crippen molar-refractivity contribution in [2.24, 2.45) is 0 Å². The maximum atomic E-state index is 13.0. The summed E-state index contributed by atoms with van der Waals surface area (Å²) >= 11 is 1.41. The summed E-state index contributed by atoms with van der Waals surface area (Å²) in [6.07, 6.45) is 2.32. The maximum Gasteiger partial charge on any atom is 0.232 e. The van der Waals surface area contributed by atoms with E-state index in [1.807, 2.05) is 11.4 Å². The van der Waals surface area contributed by atoms with E-state index in [1.54, 1.807) is 12.1 Å². The third kappa shape index (κ3) is 4.40. The van der Waals surface area contributed by atoms with Crippen LogP contribution in [0.1, 0.15) is 29.5 Å². The molecular formula is C19H20FN5OS. The molecule has 1 fully saturated rings. The Morgan fingerprint density at radius 3 is 2.81 bits per heavy atom. The number of aromatic nitrogens is 3. The van der Waals surface area contributed by atoms with Crippen molar-refractivity contribution in [1.29, 1.82) is 0 Å². The average molecular weight is 385 g/mol. The number of H-pyrrole nitrogens is 1. The Balaban J connectivity index is 1.36. The summed E-state index contributed by atoms with van der Waals surface area (Å²) in [6, 6.07) is 8.08. The van der Waals surface area contributed by atoms with E-state index in [9.17, 15) is 9.18 Å².